The van der Waals surface area contributed by atoms with Crippen molar-refractivity contribution in [3.8, 4) is 0 Å². The van der Waals surface area contributed by atoms with Crippen LogP contribution in [-0.2, 0) is 43.1 Å². The molecule has 10 heteroatoms. The topological polar surface area (TPSA) is 90.2 Å². The lowest BCUT2D eigenvalue weighted by Crippen LogP contribution is -2.42. The highest BCUT2D eigenvalue weighted by Gasteiger charge is 2.40. The van der Waals surface area contributed by atoms with E-state index in [9.17, 15) is 14.0 Å². The number of aromatic nitrogens is 2. The maximum atomic E-state index is 13.6. The third-order valence-corrected chi connectivity index (χ3v) is 8.66. The van der Waals surface area contributed by atoms with Crippen LogP contribution in [0.1, 0.15) is 87.1 Å². The molecule has 3 saturated heterocycles. The van der Waals surface area contributed by atoms with Gasteiger partial charge in [-0.1, -0.05) is 30.7 Å². The monoisotopic (exact) mass is 602 g/mol. The fourth-order valence-corrected chi connectivity index (χ4v) is 6.14. The van der Waals surface area contributed by atoms with E-state index >= 15 is 0 Å². The van der Waals surface area contributed by atoms with Crippen molar-refractivity contribution < 1.29 is 28.1 Å². The van der Waals surface area contributed by atoms with Crippen LogP contribution in [0.5, 0.6) is 0 Å². The van der Waals surface area contributed by atoms with E-state index in [0.29, 0.717) is 51.2 Å². The van der Waals surface area contributed by atoms with Crippen LogP contribution in [0.3, 0.4) is 0 Å². The molecule has 0 bridgehead atoms. The van der Waals surface area contributed by atoms with Crippen LogP contribution in [0.15, 0.2) is 40.1 Å². The van der Waals surface area contributed by atoms with E-state index in [2.05, 4.69) is 0 Å². The summed E-state index contributed by atoms with van der Waals surface area (Å²) in [7, 11) is 0. The van der Waals surface area contributed by atoms with Crippen LogP contribution in [0, 0.1) is 6.92 Å². The number of rotatable bonds is 14. The first-order valence-corrected chi connectivity index (χ1v) is 16.1. The number of hydrogen-bond donors (Lipinski definition) is 0. The Balaban J connectivity index is 1.21. The van der Waals surface area contributed by atoms with Gasteiger partial charge in [0, 0.05) is 44.4 Å². The summed E-state index contributed by atoms with van der Waals surface area (Å²) in [6.45, 7) is 3.41. The number of nitrogens with zero attached hydrogens (tertiary/aromatic N) is 2. The Hall–Kier alpha value is -2.37. The molecule has 1 aromatic carbocycles. The lowest BCUT2D eigenvalue weighted by atomic mass is 10.0. The molecule has 238 valence electrons. The van der Waals surface area contributed by atoms with Gasteiger partial charge >= 0.3 is 5.69 Å². The Morgan fingerprint density at radius 3 is 2.28 bits per heavy atom. The predicted octanol–water partition coefficient (Wildman–Crippen LogP) is 4.99. The second-order valence-electron chi connectivity index (χ2n) is 12.0. The first kappa shape index (κ1) is 32.0. The minimum absolute atomic E-state index is 0.254. The standard InChI is InChI=1S/C33H47FN2O7/c1-24-22-36(33(38)35(32(24)37)18-6-2-3-9-25-12-14-26(15-13-25)16-17-34)29-21-27(43-31-11-5-8-20-40-31)28(42-29)23-41-30-10-4-7-19-39-30/h12-15,22,27-31H,2-11,16-21,23H2,1H3/t27-,28+,29+,30?,31?/m0/s1. The van der Waals surface area contributed by atoms with Gasteiger partial charge in [-0.05, 0) is 75.8 Å². The molecule has 3 aliphatic rings. The van der Waals surface area contributed by atoms with Gasteiger partial charge in [-0.15, -0.1) is 0 Å². The Morgan fingerprint density at radius 1 is 0.907 bits per heavy atom. The van der Waals surface area contributed by atoms with Gasteiger partial charge in [0.25, 0.3) is 5.56 Å². The zero-order valence-corrected chi connectivity index (χ0v) is 25.4. The number of aryl methyl sites for hydroxylation is 3. The van der Waals surface area contributed by atoms with Crippen molar-refractivity contribution in [2.45, 2.75) is 122 Å². The summed E-state index contributed by atoms with van der Waals surface area (Å²) in [5.74, 6) is 0. The third kappa shape index (κ3) is 8.85. The molecule has 2 unspecified atom stereocenters. The van der Waals surface area contributed by atoms with Crippen molar-refractivity contribution in [2.75, 3.05) is 26.5 Å². The molecule has 3 fully saturated rings. The van der Waals surface area contributed by atoms with Gasteiger partial charge in [0.05, 0.1) is 19.4 Å². The lowest BCUT2D eigenvalue weighted by Gasteiger charge is -2.29. The first-order valence-electron chi connectivity index (χ1n) is 16.1. The van der Waals surface area contributed by atoms with Crippen LogP contribution in [0.25, 0.3) is 0 Å². The van der Waals surface area contributed by atoms with Crippen molar-refractivity contribution in [2.24, 2.45) is 0 Å². The van der Waals surface area contributed by atoms with Gasteiger partial charge in [-0.25, -0.2) is 4.79 Å². The van der Waals surface area contributed by atoms with E-state index in [4.69, 9.17) is 23.7 Å². The van der Waals surface area contributed by atoms with Crippen LogP contribution >= 0.6 is 0 Å². The van der Waals surface area contributed by atoms with Gasteiger partial charge in [0.2, 0.25) is 0 Å². The van der Waals surface area contributed by atoms with Crippen LogP contribution in [-0.4, -0.2) is 60.4 Å². The molecule has 0 N–H and O–H groups in total. The average molecular weight is 603 g/mol. The molecule has 43 heavy (non-hydrogen) atoms. The molecule has 5 rings (SSSR count). The summed E-state index contributed by atoms with van der Waals surface area (Å²) < 4.78 is 45.8. The number of hydrogen-bond acceptors (Lipinski definition) is 7. The summed E-state index contributed by atoms with van der Waals surface area (Å²) in [6.07, 6.45) is 10.0. The first-order chi connectivity index (χ1) is 21.0. The normalized spacial score (nSPS) is 26.1. The van der Waals surface area contributed by atoms with E-state index in [0.717, 1.165) is 63.4 Å². The molecule has 3 aliphatic heterocycles. The summed E-state index contributed by atoms with van der Waals surface area (Å²) >= 11 is 0. The van der Waals surface area contributed by atoms with E-state index < -0.39 is 6.23 Å². The molecule has 0 aliphatic carbocycles. The Bertz CT molecular complexity index is 1250. The molecule has 2 aromatic rings. The van der Waals surface area contributed by atoms with Gasteiger partial charge in [0.1, 0.15) is 12.3 Å². The third-order valence-electron chi connectivity index (χ3n) is 8.66. The number of benzene rings is 1. The van der Waals surface area contributed by atoms with Crippen molar-refractivity contribution in [1.29, 1.82) is 0 Å². The largest absolute Gasteiger partial charge is 0.353 e. The van der Waals surface area contributed by atoms with Crippen molar-refractivity contribution in [3.05, 3.63) is 68.0 Å². The SMILES string of the molecule is Cc1cn([C@H]2C[C@H](OC3CCCCO3)[C@@H](COC3CCCCO3)O2)c(=O)n(CCCCCc2ccc(CCF)cc2)c1=O. The van der Waals surface area contributed by atoms with Crippen LogP contribution in [0.4, 0.5) is 4.39 Å². The summed E-state index contributed by atoms with van der Waals surface area (Å²) in [6, 6.07) is 8.06. The van der Waals surface area contributed by atoms with Crippen molar-refractivity contribution >= 4 is 0 Å². The molecule has 5 atom stereocenters. The molecule has 9 nitrogen and oxygen atoms in total. The molecular formula is C33H47FN2O7. The Kier molecular flexibility index (Phi) is 12.0. The molecule has 0 radical (unpaired) electrons. The zero-order valence-electron chi connectivity index (χ0n) is 25.4. The second kappa shape index (κ2) is 16.1. The van der Waals surface area contributed by atoms with Gasteiger partial charge in [-0.2, -0.15) is 0 Å². The summed E-state index contributed by atoms with van der Waals surface area (Å²) in [4.78, 5) is 26.6. The van der Waals surface area contributed by atoms with Crippen molar-refractivity contribution in [1.82, 2.24) is 9.13 Å². The van der Waals surface area contributed by atoms with E-state index in [1.165, 1.54) is 10.1 Å². The van der Waals surface area contributed by atoms with Gasteiger partial charge in [0.15, 0.2) is 12.6 Å². The number of halogens is 1. The average Bonchev–Trinajstić information content (AvgIpc) is 3.43. The summed E-state index contributed by atoms with van der Waals surface area (Å²) in [5, 5.41) is 0. The predicted molar refractivity (Wildman–Crippen MR) is 160 cm³/mol. The maximum Gasteiger partial charge on any atom is 0.333 e. The molecular weight excluding hydrogens is 555 g/mol. The Morgan fingerprint density at radius 2 is 1.60 bits per heavy atom. The maximum absolute atomic E-state index is 13.6. The fourth-order valence-electron chi connectivity index (χ4n) is 6.14. The highest BCUT2D eigenvalue weighted by molar-refractivity contribution is 5.22. The second-order valence-corrected chi connectivity index (χ2v) is 12.0. The zero-order chi connectivity index (χ0) is 30.0. The molecule has 4 heterocycles. The van der Waals surface area contributed by atoms with Gasteiger partial charge in [-0.3, -0.25) is 18.3 Å². The minimum atomic E-state index is -0.576. The van der Waals surface area contributed by atoms with Crippen molar-refractivity contribution in [3.63, 3.8) is 0 Å². The molecule has 0 saturated carbocycles. The molecule has 1 aromatic heterocycles. The summed E-state index contributed by atoms with van der Waals surface area (Å²) in [5.41, 5.74) is 2.08. The Labute approximate surface area is 253 Å². The van der Waals surface area contributed by atoms with Crippen LogP contribution < -0.4 is 11.2 Å². The highest BCUT2D eigenvalue weighted by Crippen LogP contribution is 2.33. The quantitative estimate of drug-likeness (QED) is 0.282. The fraction of sp³-hybridized carbons (Fsp3) is 0.697. The number of alkyl halides is 1. The van der Waals surface area contributed by atoms with E-state index in [1.807, 2.05) is 24.3 Å². The number of ether oxygens (including phenoxy) is 5. The highest BCUT2D eigenvalue weighted by atomic mass is 19.1. The van der Waals surface area contributed by atoms with Gasteiger partial charge < -0.3 is 23.7 Å². The van der Waals surface area contributed by atoms with E-state index in [-0.39, 0.29) is 42.7 Å². The molecule has 0 amide bonds. The van der Waals surface area contributed by atoms with E-state index in [1.54, 1.807) is 17.7 Å². The van der Waals surface area contributed by atoms with Crippen LogP contribution in [0.2, 0.25) is 0 Å². The lowest BCUT2D eigenvalue weighted by molar-refractivity contribution is -0.216. The minimum Gasteiger partial charge on any atom is -0.353 e. The molecule has 0 spiro atoms. The smallest absolute Gasteiger partial charge is 0.333 e. The number of unbranched alkanes of at least 4 members (excludes halogenated alkanes) is 2.